The van der Waals surface area contributed by atoms with E-state index in [1.165, 1.54) is 6.20 Å². The maximum atomic E-state index is 7.41. The maximum absolute atomic E-state index is 7.41. The molecule has 1 saturated heterocycles. The van der Waals surface area contributed by atoms with E-state index in [4.69, 9.17) is 17.0 Å². The van der Waals surface area contributed by atoms with Gasteiger partial charge in [-0.1, -0.05) is 0 Å². The average molecular weight is 140 g/mol. The highest BCUT2D eigenvalue weighted by Crippen LogP contribution is 2.07. The minimum Gasteiger partial charge on any atom is -0.404 e. The van der Waals surface area contributed by atoms with Gasteiger partial charge in [-0.15, -0.1) is 0 Å². The van der Waals surface area contributed by atoms with Crippen LogP contribution in [-0.4, -0.2) is 23.8 Å². The molecule has 4 nitrogen and oxygen atoms in total. The Morgan fingerprint density at radius 1 is 1.60 bits per heavy atom. The van der Waals surface area contributed by atoms with Gasteiger partial charge in [-0.2, -0.15) is 0 Å². The third-order valence-corrected chi connectivity index (χ3v) is 1.61. The standard InChI is InChI=1S/C6H12N4/c7-3-5-4-10(9)2-1-6(5)8/h3,8H,1-2,4,7,9H2. The van der Waals surface area contributed by atoms with E-state index >= 15 is 0 Å². The molecule has 0 aromatic heterocycles. The Hall–Kier alpha value is -0.870. The molecule has 0 aromatic rings. The first-order valence-corrected chi connectivity index (χ1v) is 3.22. The van der Waals surface area contributed by atoms with Crippen LogP contribution in [0.25, 0.3) is 0 Å². The zero-order valence-electron chi connectivity index (χ0n) is 5.80. The molecule has 0 bridgehead atoms. The molecule has 0 radical (unpaired) electrons. The van der Waals surface area contributed by atoms with Crippen molar-refractivity contribution in [2.75, 3.05) is 13.1 Å². The highest BCUT2D eigenvalue weighted by molar-refractivity contribution is 5.98. The highest BCUT2D eigenvalue weighted by atomic mass is 15.4. The molecule has 0 unspecified atom stereocenters. The van der Waals surface area contributed by atoms with Crippen LogP contribution in [0.3, 0.4) is 0 Å². The lowest BCUT2D eigenvalue weighted by molar-refractivity contribution is 0.309. The Kier molecular flexibility index (Phi) is 2.03. The summed E-state index contributed by atoms with van der Waals surface area (Å²) < 4.78 is 0. The molecule has 0 aromatic carbocycles. The van der Waals surface area contributed by atoms with Crippen LogP contribution in [0, 0.1) is 5.41 Å². The first-order valence-electron chi connectivity index (χ1n) is 3.22. The van der Waals surface area contributed by atoms with E-state index in [9.17, 15) is 0 Å². The van der Waals surface area contributed by atoms with E-state index in [-0.39, 0.29) is 0 Å². The fourth-order valence-corrected chi connectivity index (χ4v) is 0.963. The molecular formula is C6H12N4. The Labute approximate surface area is 60.0 Å². The van der Waals surface area contributed by atoms with Gasteiger partial charge in [0.2, 0.25) is 0 Å². The van der Waals surface area contributed by atoms with Crippen LogP contribution >= 0.6 is 0 Å². The third-order valence-electron chi connectivity index (χ3n) is 1.61. The van der Waals surface area contributed by atoms with Crippen LogP contribution in [0.2, 0.25) is 0 Å². The predicted octanol–water partition coefficient (Wildman–Crippen LogP) is -0.572. The van der Waals surface area contributed by atoms with E-state index in [0.29, 0.717) is 18.7 Å². The number of nitrogens with two attached hydrogens (primary N) is 2. The van der Waals surface area contributed by atoms with Crippen LogP contribution in [0.5, 0.6) is 0 Å². The summed E-state index contributed by atoms with van der Waals surface area (Å²) in [6.45, 7) is 1.37. The van der Waals surface area contributed by atoms with Crippen molar-refractivity contribution in [3.8, 4) is 0 Å². The van der Waals surface area contributed by atoms with Crippen molar-refractivity contribution < 1.29 is 0 Å². The molecule has 0 saturated carbocycles. The molecule has 1 fully saturated rings. The van der Waals surface area contributed by atoms with Crippen molar-refractivity contribution in [3.05, 3.63) is 11.8 Å². The third kappa shape index (κ3) is 1.34. The van der Waals surface area contributed by atoms with E-state index < -0.39 is 0 Å². The Bertz CT molecular complexity index is 173. The number of hydrazine groups is 1. The van der Waals surface area contributed by atoms with Crippen LogP contribution < -0.4 is 11.6 Å². The van der Waals surface area contributed by atoms with Crippen molar-refractivity contribution in [1.29, 1.82) is 5.41 Å². The summed E-state index contributed by atoms with van der Waals surface area (Å²) in [4.78, 5) is 0. The summed E-state index contributed by atoms with van der Waals surface area (Å²) in [7, 11) is 0. The smallest absolute Gasteiger partial charge is 0.0411 e. The monoisotopic (exact) mass is 140 g/mol. The first-order chi connectivity index (χ1) is 4.74. The highest BCUT2D eigenvalue weighted by Gasteiger charge is 2.14. The molecule has 0 aliphatic carbocycles. The van der Waals surface area contributed by atoms with E-state index in [2.05, 4.69) is 0 Å². The number of nitrogens with zero attached hydrogens (tertiary/aromatic N) is 1. The van der Waals surface area contributed by atoms with Gasteiger partial charge in [-0.3, -0.25) is 5.84 Å². The summed E-state index contributed by atoms with van der Waals surface area (Å²) in [6, 6.07) is 0. The second-order valence-corrected chi connectivity index (χ2v) is 2.39. The van der Waals surface area contributed by atoms with Gasteiger partial charge in [0.15, 0.2) is 0 Å². The lowest BCUT2D eigenvalue weighted by atomic mass is 10.1. The molecule has 0 atom stereocenters. The summed E-state index contributed by atoms with van der Waals surface area (Å²) in [6.07, 6.45) is 2.17. The number of hydrogen-bond acceptors (Lipinski definition) is 4. The van der Waals surface area contributed by atoms with Gasteiger partial charge in [0, 0.05) is 37.0 Å². The van der Waals surface area contributed by atoms with Gasteiger partial charge in [0.1, 0.15) is 0 Å². The zero-order valence-corrected chi connectivity index (χ0v) is 5.80. The minimum absolute atomic E-state index is 0.606. The molecule has 0 amide bonds. The van der Waals surface area contributed by atoms with Crippen molar-refractivity contribution in [2.45, 2.75) is 6.42 Å². The SMILES string of the molecule is N=C1CCN(N)CC1=CN. The number of piperidine rings is 1. The van der Waals surface area contributed by atoms with Crippen LogP contribution in [0.15, 0.2) is 11.8 Å². The maximum Gasteiger partial charge on any atom is 0.0411 e. The summed E-state index contributed by atoms with van der Waals surface area (Å²) in [5.74, 6) is 5.50. The van der Waals surface area contributed by atoms with E-state index in [1.807, 2.05) is 0 Å². The van der Waals surface area contributed by atoms with Crippen molar-refractivity contribution in [3.63, 3.8) is 0 Å². The fraction of sp³-hybridized carbons (Fsp3) is 0.500. The molecule has 5 N–H and O–H groups in total. The van der Waals surface area contributed by atoms with Gasteiger partial charge >= 0.3 is 0 Å². The predicted molar refractivity (Wildman–Crippen MR) is 40.4 cm³/mol. The normalized spacial score (nSPS) is 25.7. The lowest BCUT2D eigenvalue weighted by Gasteiger charge is -2.23. The molecule has 56 valence electrons. The fourth-order valence-electron chi connectivity index (χ4n) is 0.963. The largest absolute Gasteiger partial charge is 0.404 e. The molecule has 1 aliphatic heterocycles. The second-order valence-electron chi connectivity index (χ2n) is 2.39. The molecule has 10 heavy (non-hydrogen) atoms. The number of hydrogen-bond donors (Lipinski definition) is 3. The van der Waals surface area contributed by atoms with Crippen LogP contribution in [-0.2, 0) is 0 Å². The second kappa shape index (κ2) is 2.81. The van der Waals surface area contributed by atoms with Crippen LogP contribution in [0.1, 0.15) is 6.42 Å². The Balaban J connectivity index is 2.63. The summed E-state index contributed by atoms with van der Waals surface area (Å²) in [5, 5.41) is 9.07. The topological polar surface area (TPSA) is 79.1 Å². The first kappa shape index (κ1) is 7.24. The van der Waals surface area contributed by atoms with Crippen molar-refractivity contribution in [1.82, 2.24) is 5.01 Å². The summed E-state index contributed by atoms with van der Waals surface area (Å²) in [5.41, 5.74) is 6.73. The molecular weight excluding hydrogens is 128 g/mol. The molecule has 1 heterocycles. The van der Waals surface area contributed by atoms with Gasteiger partial charge in [-0.05, 0) is 0 Å². The zero-order chi connectivity index (χ0) is 7.56. The summed E-state index contributed by atoms with van der Waals surface area (Å²) >= 11 is 0. The van der Waals surface area contributed by atoms with Gasteiger partial charge in [-0.25, -0.2) is 5.01 Å². The van der Waals surface area contributed by atoms with Crippen LogP contribution in [0.4, 0.5) is 0 Å². The van der Waals surface area contributed by atoms with Crippen molar-refractivity contribution in [2.24, 2.45) is 11.6 Å². The molecule has 1 aliphatic rings. The molecule has 0 spiro atoms. The Morgan fingerprint density at radius 2 is 2.30 bits per heavy atom. The number of nitrogens with one attached hydrogen (secondary N) is 1. The minimum atomic E-state index is 0.606. The van der Waals surface area contributed by atoms with Crippen molar-refractivity contribution >= 4 is 5.71 Å². The molecule has 1 rings (SSSR count). The number of rotatable bonds is 0. The van der Waals surface area contributed by atoms with Gasteiger partial charge in [0.05, 0.1) is 0 Å². The quantitative estimate of drug-likeness (QED) is 0.394. The average Bonchev–Trinajstić information content (AvgIpc) is 1.94. The Morgan fingerprint density at radius 3 is 2.80 bits per heavy atom. The van der Waals surface area contributed by atoms with Gasteiger partial charge in [0.25, 0.3) is 0 Å². The van der Waals surface area contributed by atoms with E-state index in [0.717, 1.165) is 12.1 Å². The molecule has 4 heteroatoms. The van der Waals surface area contributed by atoms with Gasteiger partial charge < -0.3 is 11.1 Å². The lowest BCUT2D eigenvalue weighted by Crippen LogP contribution is -2.40. The van der Waals surface area contributed by atoms with E-state index in [1.54, 1.807) is 5.01 Å².